The molecule has 0 radical (unpaired) electrons. The van der Waals surface area contributed by atoms with Gasteiger partial charge in [0.15, 0.2) is 0 Å². The maximum absolute atomic E-state index is 11.7. The van der Waals surface area contributed by atoms with Crippen LogP contribution >= 0.6 is 11.6 Å². The average Bonchev–Trinajstić information content (AvgIpc) is 2.95. The van der Waals surface area contributed by atoms with Crippen LogP contribution in [-0.2, 0) is 4.79 Å². The van der Waals surface area contributed by atoms with Gasteiger partial charge in [-0.05, 0) is 30.0 Å². The van der Waals surface area contributed by atoms with E-state index in [1.54, 1.807) is 4.90 Å². The molecule has 3 N–H and O–H groups in total. The van der Waals surface area contributed by atoms with Crippen LogP contribution in [0.15, 0.2) is 18.2 Å². The van der Waals surface area contributed by atoms with Gasteiger partial charge in [0, 0.05) is 31.4 Å². The van der Waals surface area contributed by atoms with E-state index in [0.29, 0.717) is 23.8 Å². The Hall–Kier alpha value is -1.46. The van der Waals surface area contributed by atoms with Crippen molar-refractivity contribution in [1.29, 1.82) is 0 Å². The number of amides is 1. The summed E-state index contributed by atoms with van der Waals surface area (Å²) in [6.07, 6.45) is 0.879. The van der Waals surface area contributed by atoms with Gasteiger partial charge in [0.2, 0.25) is 5.91 Å². The highest BCUT2D eigenvalue weighted by Gasteiger charge is 2.32. The van der Waals surface area contributed by atoms with Crippen LogP contribution < -0.4 is 10.6 Å². The van der Waals surface area contributed by atoms with Crippen LogP contribution in [0.5, 0.6) is 0 Å². The number of halogens is 1. The molecule has 0 aromatic heterocycles. The molecule has 2 rings (SSSR count). The van der Waals surface area contributed by atoms with E-state index in [2.05, 4.69) is 25.7 Å². The Bertz CT molecular complexity index is 571. The third-order valence-corrected chi connectivity index (χ3v) is 4.38. The van der Waals surface area contributed by atoms with E-state index in [4.69, 9.17) is 22.4 Å². The van der Waals surface area contributed by atoms with Gasteiger partial charge in [-0.3, -0.25) is 4.79 Å². The van der Waals surface area contributed by atoms with Crippen molar-refractivity contribution in [3.8, 4) is 0 Å². The molecule has 1 amide bonds. The number of hydrogen-bond acceptors (Lipinski definition) is 4. The maximum atomic E-state index is 11.7. The van der Waals surface area contributed by atoms with Crippen LogP contribution in [0.1, 0.15) is 27.2 Å². The number of likely N-dealkylation sites (tertiary alicyclic amines) is 1. The highest BCUT2D eigenvalue weighted by molar-refractivity contribution is 6.33. The molecule has 5 nitrogen and oxygen atoms in total. The predicted octanol–water partition coefficient (Wildman–Crippen LogP) is 2.37. The summed E-state index contributed by atoms with van der Waals surface area (Å²) in [6.45, 7) is 8.27. The lowest BCUT2D eigenvalue weighted by atomic mass is 9.94. The van der Waals surface area contributed by atoms with Crippen LogP contribution in [0.2, 0.25) is 5.02 Å². The van der Waals surface area contributed by atoms with Crippen molar-refractivity contribution in [3.05, 3.63) is 23.2 Å². The molecule has 1 aromatic carbocycles. The highest BCUT2D eigenvalue weighted by atomic mass is 35.5. The average molecular weight is 340 g/mol. The predicted molar refractivity (Wildman–Crippen MR) is 94.7 cm³/mol. The molecular weight excluding hydrogens is 314 g/mol. The smallest absolute Gasteiger partial charge is 0.248 e. The summed E-state index contributed by atoms with van der Waals surface area (Å²) in [5, 5.41) is 9.60. The van der Waals surface area contributed by atoms with Gasteiger partial charge in [-0.15, -0.1) is 0 Å². The Morgan fingerprint density at radius 2 is 2.17 bits per heavy atom. The number of benzene rings is 1. The van der Waals surface area contributed by atoms with Gasteiger partial charge in [0.1, 0.15) is 6.61 Å². The number of aliphatic hydroxyl groups excluding tert-OH is 1. The van der Waals surface area contributed by atoms with E-state index >= 15 is 0 Å². The summed E-state index contributed by atoms with van der Waals surface area (Å²) in [6, 6.07) is 5.89. The lowest BCUT2D eigenvalue weighted by molar-refractivity contribution is -0.133. The molecule has 1 aliphatic heterocycles. The van der Waals surface area contributed by atoms with E-state index in [-0.39, 0.29) is 17.4 Å². The summed E-state index contributed by atoms with van der Waals surface area (Å²) >= 11 is 6.19. The zero-order chi connectivity index (χ0) is 17.2. The monoisotopic (exact) mass is 339 g/mol. The number of aliphatic hydroxyl groups is 1. The molecule has 1 aliphatic rings. The molecule has 0 saturated carbocycles. The molecule has 23 heavy (non-hydrogen) atoms. The second-order valence-electron chi connectivity index (χ2n) is 7.33. The Balaban J connectivity index is 2.24. The Morgan fingerprint density at radius 3 is 2.74 bits per heavy atom. The molecule has 0 aliphatic carbocycles. The fourth-order valence-corrected chi connectivity index (χ4v) is 3.13. The van der Waals surface area contributed by atoms with Crippen LogP contribution in [-0.4, -0.2) is 48.2 Å². The standard InChI is InChI=1S/C17H26ClN3O2/c1-17(2,3)11-21(12-4-5-15(19)14(18)8-12)13-6-7-20(9-13)16(23)10-22/h4-5,8,13,22H,6-7,9-11,19H2,1-3H3. The van der Waals surface area contributed by atoms with Gasteiger partial charge in [-0.25, -0.2) is 0 Å². The second kappa shape index (κ2) is 6.97. The number of rotatable bonds is 4. The molecule has 1 atom stereocenters. The molecular formula is C17H26ClN3O2. The zero-order valence-corrected chi connectivity index (χ0v) is 14.8. The molecule has 1 saturated heterocycles. The van der Waals surface area contributed by atoms with Crippen LogP contribution in [0.4, 0.5) is 11.4 Å². The summed E-state index contributed by atoms with van der Waals surface area (Å²) in [4.78, 5) is 15.7. The fourth-order valence-electron chi connectivity index (χ4n) is 2.96. The van der Waals surface area contributed by atoms with Crippen molar-refractivity contribution < 1.29 is 9.90 Å². The number of nitrogens with two attached hydrogens (primary N) is 1. The molecule has 0 spiro atoms. The van der Waals surface area contributed by atoms with Gasteiger partial charge >= 0.3 is 0 Å². The Labute approximate surface area is 143 Å². The Kier molecular flexibility index (Phi) is 5.42. The minimum Gasteiger partial charge on any atom is -0.398 e. The molecule has 128 valence electrons. The quantitative estimate of drug-likeness (QED) is 0.826. The minimum atomic E-state index is -0.431. The van der Waals surface area contributed by atoms with E-state index in [1.165, 1.54) is 0 Å². The van der Waals surface area contributed by atoms with Gasteiger partial charge in [-0.1, -0.05) is 32.4 Å². The number of nitrogens with zero attached hydrogens (tertiary/aromatic N) is 2. The second-order valence-corrected chi connectivity index (χ2v) is 7.74. The van der Waals surface area contributed by atoms with Crippen molar-refractivity contribution >= 4 is 28.9 Å². The van der Waals surface area contributed by atoms with Crippen molar-refractivity contribution in [1.82, 2.24) is 4.90 Å². The first-order valence-electron chi connectivity index (χ1n) is 7.91. The number of carbonyl (C=O) groups is 1. The molecule has 1 unspecified atom stereocenters. The summed E-state index contributed by atoms with van der Waals surface area (Å²) in [7, 11) is 0. The molecule has 0 bridgehead atoms. The SMILES string of the molecule is CC(C)(C)CN(c1ccc(N)c(Cl)c1)C1CCN(C(=O)CO)C1. The van der Waals surface area contributed by atoms with Crippen molar-refractivity contribution in [2.24, 2.45) is 5.41 Å². The molecule has 1 fully saturated rings. The minimum absolute atomic E-state index is 0.0995. The van der Waals surface area contributed by atoms with E-state index in [9.17, 15) is 4.79 Å². The number of carbonyl (C=O) groups excluding carboxylic acids is 1. The summed E-state index contributed by atoms with van der Waals surface area (Å²) in [5.74, 6) is -0.210. The normalized spacial score (nSPS) is 18.3. The first-order valence-corrected chi connectivity index (χ1v) is 8.29. The van der Waals surface area contributed by atoms with Gasteiger partial charge in [0.05, 0.1) is 10.7 Å². The first kappa shape index (κ1) is 17.9. The van der Waals surface area contributed by atoms with Crippen LogP contribution in [0, 0.1) is 5.41 Å². The Morgan fingerprint density at radius 1 is 1.48 bits per heavy atom. The molecule has 1 heterocycles. The van der Waals surface area contributed by atoms with Crippen LogP contribution in [0.25, 0.3) is 0 Å². The fraction of sp³-hybridized carbons (Fsp3) is 0.588. The summed E-state index contributed by atoms with van der Waals surface area (Å²) in [5.41, 5.74) is 7.50. The molecule has 1 aromatic rings. The lowest BCUT2D eigenvalue weighted by Gasteiger charge is -2.36. The lowest BCUT2D eigenvalue weighted by Crippen LogP contribution is -2.43. The number of anilines is 2. The van der Waals surface area contributed by atoms with Crippen molar-refractivity contribution in [3.63, 3.8) is 0 Å². The van der Waals surface area contributed by atoms with Crippen molar-refractivity contribution in [2.45, 2.75) is 33.2 Å². The first-order chi connectivity index (χ1) is 10.7. The largest absolute Gasteiger partial charge is 0.398 e. The van der Waals surface area contributed by atoms with Crippen molar-refractivity contribution in [2.75, 3.05) is 36.9 Å². The van der Waals surface area contributed by atoms with Crippen LogP contribution in [0.3, 0.4) is 0 Å². The van der Waals surface area contributed by atoms with E-state index in [0.717, 1.165) is 18.7 Å². The maximum Gasteiger partial charge on any atom is 0.248 e. The van der Waals surface area contributed by atoms with Gasteiger partial charge in [-0.2, -0.15) is 0 Å². The number of nitrogen functional groups attached to an aromatic ring is 1. The zero-order valence-electron chi connectivity index (χ0n) is 14.1. The van der Waals surface area contributed by atoms with Gasteiger partial charge < -0.3 is 20.6 Å². The third kappa shape index (κ3) is 4.52. The number of hydrogen-bond donors (Lipinski definition) is 2. The third-order valence-electron chi connectivity index (χ3n) is 4.05. The molecule has 6 heteroatoms. The van der Waals surface area contributed by atoms with E-state index < -0.39 is 6.61 Å². The topological polar surface area (TPSA) is 69.8 Å². The van der Waals surface area contributed by atoms with E-state index in [1.807, 2.05) is 18.2 Å². The van der Waals surface area contributed by atoms with Gasteiger partial charge in [0.25, 0.3) is 0 Å². The highest BCUT2D eigenvalue weighted by Crippen LogP contribution is 2.31. The summed E-state index contributed by atoms with van der Waals surface area (Å²) < 4.78 is 0.